The molecule has 172 valence electrons. The van der Waals surface area contributed by atoms with Crippen molar-refractivity contribution in [3.63, 3.8) is 0 Å². The van der Waals surface area contributed by atoms with Gasteiger partial charge in [-0.05, 0) is 49.1 Å². The molecule has 0 heterocycles. The Balaban J connectivity index is 0.00000480. The van der Waals surface area contributed by atoms with Crippen molar-refractivity contribution in [1.82, 2.24) is 10.6 Å². The first-order chi connectivity index (χ1) is 14.6. The zero-order valence-corrected chi connectivity index (χ0v) is 21.6. The lowest BCUT2D eigenvalue weighted by molar-refractivity contribution is 0.310. The highest BCUT2D eigenvalue weighted by atomic mass is 127. The summed E-state index contributed by atoms with van der Waals surface area (Å²) in [4.78, 5) is 4.33. The predicted octanol–water partition coefficient (Wildman–Crippen LogP) is 4.62. The Kier molecular flexibility index (Phi) is 12.8. The molecule has 7 heteroatoms. The minimum Gasteiger partial charge on any atom is -0.496 e. The molecular weight excluding hydrogens is 505 g/mol. The SMILES string of the molecule is CCOc1cc(CCCNC(=NC)NCC(C)c2ccccc2OC)ccc1OC.I. The number of para-hydroxylation sites is 1. The van der Waals surface area contributed by atoms with Crippen molar-refractivity contribution in [2.45, 2.75) is 32.6 Å². The number of aryl methyl sites for hydroxylation is 1. The summed E-state index contributed by atoms with van der Waals surface area (Å²) < 4.78 is 16.5. The second kappa shape index (κ2) is 14.8. The van der Waals surface area contributed by atoms with Crippen LogP contribution >= 0.6 is 24.0 Å². The molecule has 2 rings (SSSR count). The van der Waals surface area contributed by atoms with E-state index in [0.29, 0.717) is 12.5 Å². The van der Waals surface area contributed by atoms with E-state index in [0.717, 1.165) is 49.1 Å². The first-order valence-electron chi connectivity index (χ1n) is 10.5. The van der Waals surface area contributed by atoms with Gasteiger partial charge in [0.2, 0.25) is 0 Å². The standard InChI is InChI=1S/C24H35N3O3.HI/c1-6-30-23-16-19(13-14-22(23)29-5)10-9-15-26-24(25-3)27-17-18(2)20-11-7-8-12-21(20)28-4;/h7-8,11-14,16,18H,6,9-10,15,17H2,1-5H3,(H2,25,26,27);1H. The summed E-state index contributed by atoms with van der Waals surface area (Å²) in [5.74, 6) is 3.60. The molecule has 1 atom stereocenters. The molecule has 0 aliphatic rings. The maximum atomic E-state index is 5.66. The molecule has 2 aromatic rings. The molecule has 0 aliphatic carbocycles. The summed E-state index contributed by atoms with van der Waals surface area (Å²) in [6, 6.07) is 14.2. The Morgan fingerprint density at radius 1 is 1.00 bits per heavy atom. The number of hydrogen-bond donors (Lipinski definition) is 2. The van der Waals surface area contributed by atoms with Crippen LogP contribution in [0.3, 0.4) is 0 Å². The van der Waals surface area contributed by atoms with Crippen LogP contribution in [0.2, 0.25) is 0 Å². The van der Waals surface area contributed by atoms with Crippen LogP contribution in [0, 0.1) is 0 Å². The molecule has 6 nitrogen and oxygen atoms in total. The Morgan fingerprint density at radius 2 is 1.74 bits per heavy atom. The van der Waals surface area contributed by atoms with Gasteiger partial charge in [0.15, 0.2) is 17.5 Å². The number of guanidine groups is 1. The zero-order chi connectivity index (χ0) is 21.8. The molecule has 0 aromatic heterocycles. The van der Waals surface area contributed by atoms with Crippen LogP contribution in [-0.2, 0) is 6.42 Å². The third-order valence-electron chi connectivity index (χ3n) is 4.93. The smallest absolute Gasteiger partial charge is 0.190 e. The Hall–Kier alpha value is -2.16. The molecule has 0 aliphatic heterocycles. The number of benzene rings is 2. The van der Waals surface area contributed by atoms with Gasteiger partial charge in [0.25, 0.3) is 0 Å². The minimum atomic E-state index is 0. The highest BCUT2D eigenvalue weighted by molar-refractivity contribution is 14.0. The number of hydrogen-bond acceptors (Lipinski definition) is 4. The Labute approximate surface area is 203 Å². The van der Waals surface area contributed by atoms with Crippen molar-refractivity contribution in [3.8, 4) is 17.2 Å². The number of rotatable bonds is 11. The van der Waals surface area contributed by atoms with Crippen molar-refractivity contribution in [2.75, 3.05) is 41.0 Å². The number of halogens is 1. The zero-order valence-electron chi connectivity index (χ0n) is 19.2. The van der Waals surface area contributed by atoms with Crippen LogP contribution in [0.15, 0.2) is 47.5 Å². The van der Waals surface area contributed by atoms with Crippen molar-refractivity contribution < 1.29 is 14.2 Å². The highest BCUT2D eigenvalue weighted by Crippen LogP contribution is 2.28. The van der Waals surface area contributed by atoms with E-state index < -0.39 is 0 Å². The molecule has 1 unspecified atom stereocenters. The minimum absolute atomic E-state index is 0. The van der Waals surface area contributed by atoms with Gasteiger partial charge in [-0.1, -0.05) is 31.2 Å². The van der Waals surface area contributed by atoms with Crippen molar-refractivity contribution in [1.29, 1.82) is 0 Å². The van der Waals surface area contributed by atoms with Crippen LogP contribution in [0.25, 0.3) is 0 Å². The molecule has 2 aromatic carbocycles. The summed E-state index contributed by atoms with van der Waals surface area (Å²) >= 11 is 0. The second-order valence-electron chi connectivity index (χ2n) is 7.04. The lowest BCUT2D eigenvalue weighted by atomic mass is 10.0. The lowest BCUT2D eigenvalue weighted by Crippen LogP contribution is -2.39. The van der Waals surface area contributed by atoms with Gasteiger partial charge in [-0.3, -0.25) is 4.99 Å². The summed E-state index contributed by atoms with van der Waals surface area (Å²) in [7, 11) is 5.16. The number of nitrogens with zero attached hydrogens (tertiary/aromatic N) is 1. The lowest BCUT2D eigenvalue weighted by Gasteiger charge is -2.18. The van der Waals surface area contributed by atoms with E-state index in [-0.39, 0.29) is 24.0 Å². The van der Waals surface area contributed by atoms with Crippen LogP contribution in [0.5, 0.6) is 17.2 Å². The normalized spacial score (nSPS) is 11.8. The summed E-state index contributed by atoms with van der Waals surface area (Å²) in [6.45, 7) is 6.38. The van der Waals surface area contributed by atoms with Gasteiger partial charge >= 0.3 is 0 Å². The number of methoxy groups -OCH3 is 2. The average Bonchev–Trinajstić information content (AvgIpc) is 2.78. The first-order valence-corrected chi connectivity index (χ1v) is 10.5. The molecule has 0 radical (unpaired) electrons. The van der Waals surface area contributed by atoms with Gasteiger partial charge in [0.1, 0.15) is 5.75 Å². The highest BCUT2D eigenvalue weighted by Gasteiger charge is 2.11. The largest absolute Gasteiger partial charge is 0.496 e. The fourth-order valence-corrected chi connectivity index (χ4v) is 3.30. The number of aliphatic imine (C=N–C) groups is 1. The molecule has 0 spiro atoms. The van der Waals surface area contributed by atoms with E-state index in [2.05, 4.69) is 40.7 Å². The fourth-order valence-electron chi connectivity index (χ4n) is 3.30. The third-order valence-corrected chi connectivity index (χ3v) is 4.93. The maximum Gasteiger partial charge on any atom is 0.190 e. The van der Waals surface area contributed by atoms with Gasteiger partial charge in [-0.25, -0.2) is 0 Å². The monoisotopic (exact) mass is 541 g/mol. The second-order valence-corrected chi connectivity index (χ2v) is 7.04. The van der Waals surface area contributed by atoms with E-state index in [1.165, 1.54) is 11.1 Å². The van der Waals surface area contributed by atoms with Gasteiger partial charge in [-0.15, -0.1) is 24.0 Å². The molecular formula is C24H36IN3O3. The van der Waals surface area contributed by atoms with Crippen molar-refractivity contribution in [3.05, 3.63) is 53.6 Å². The molecule has 2 N–H and O–H groups in total. The van der Waals surface area contributed by atoms with Gasteiger partial charge in [0, 0.05) is 26.1 Å². The summed E-state index contributed by atoms with van der Waals surface area (Å²) in [5, 5.41) is 6.79. The Bertz CT molecular complexity index is 814. The molecule has 0 amide bonds. The van der Waals surface area contributed by atoms with Crippen molar-refractivity contribution >= 4 is 29.9 Å². The predicted molar refractivity (Wildman–Crippen MR) is 139 cm³/mol. The number of ether oxygens (including phenoxy) is 3. The van der Waals surface area contributed by atoms with Crippen molar-refractivity contribution in [2.24, 2.45) is 4.99 Å². The van der Waals surface area contributed by atoms with E-state index >= 15 is 0 Å². The molecule has 0 fully saturated rings. The molecule has 31 heavy (non-hydrogen) atoms. The van der Waals surface area contributed by atoms with Crippen LogP contribution < -0.4 is 24.8 Å². The molecule has 0 saturated carbocycles. The topological polar surface area (TPSA) is 64.1 Å². The summed E-state index contributed by atoms with van der Waals surface area (Å²) in [5.41, 5.74) is 2.42. The van der Waals surface area contributed by atoms with Gasteiger partial charge in [-0.2, -0.15) is 0 Å². The maximum absolute atomic E-state index is 5.66. The first kappa shape index (κ1) is 26.9. The van der Waals surface area contributed by atoms with E-state index in [1.807, 2.05) is 31.2 Å². The fraction of sp³-hybridized carbons (Fsp3) is 0.458. The van der Waals surface area contributed by atoms with Crippen LogP contribution in [0.1, 0.15) is 37.3 Å². The van der Waals surface area contributed by atoms with Crippen LogP contribution in [-0.4, -0.2) is 46.9 Å². The summed E-state index contributed by atoms with van der Waals surface area (Å²) in [6.07, 6.45) is 1.94. The average molecular weight is 541 g/mol. The third kappa shape index (κ3) is 8.47. The van der Waals surface area contributed by atoms with Gasteiger partial charge < -0.3 is 24.8 Å². The van der Waals surface area contributed by atoms with E-state index in [4.69, 9.17) is 14.2 Å². The quantitative estimate of drug-likeness (QED) is 0.188. The van der Waals surface area contributed by atoms with E-state index in [1.54, 1.807) is 21.3 Å². The van der Waals surface area contributed by atoms with Gasteiger partial charge in [0.05, 0.1) is 20.8 Å². The molecule has 0 bridgehead atoms. The van der Waals surface area contributed by atoms with Crippen LogP contribution in [0.4, 0.5) is 0 Å². The number of nitrogens with one attached hydrogen (secondary N) is 2. The van der Waals surface area contributed by atoms with E-state index in [9.17, 15) is 0 Å². The Morgan fingerprint density at radius 3 is 2.42 bits per heavy atom. The molecule has 0 saturated heterocycles.